The molecule has 8 heteroatoms. The van der Waals surface area contributed by atoms with Gasteiger partial charge in [-0.05, 0) is 17.7 Å². The fourth-order valence-corrected chi connectivity index (χ4v) is 2.64. The van der Waals surface area contributed by atoms with Crippen LogP contribution in [0.3, 0.4) is 0 Å². The highest BCUT2D eigenvalue weighted by molar-refractivity contribution is 5.85. The molecule has 1 aliphatic rings. The Kier molecular flexibility index (Phi) is 9.77. The van der Waals surface area contributed by atoms with Gasteiger partial charge in [0.25, 0.3) is 0 Å². The number of rotatable bonds is 5. The molecule has 1 aliphatic heterocycles. The van der Waals surface area contributed by atoms with E-state index in [4.69, 9.17) is 14.7 Å². The summed E-state index contributed by atoms with van der Waals surface area (Å²) < 4.78 is 10.4. The number of phenolic OH excluding ortho intramolecular Hbond substituents is 1. The summed E-state index contributed by atoms with van der Waals surface area (Å²) in [6, 6.07) is 5.78. The number of methoxy groups -OCH3 is 2. The predicted octanol–water partition coefficient (Wildman–Crippen LogP) is 2.11. The number of benzene rings is 1. The van der Waals surface area contributed by atoms with Crippen molar-refractivity contribution in [2.75, 3.05) is 40.4 Å². The second kappa shape index (κ2) is 10.4. The maximum Gasteiger partial charge on any atom is 0.200 e. The minimum atomic E-state index is -0.0273. The number of aromatic hydroxyl groups is 1. The van der Waals surface area contributed by atoms with E-state index >= 15 is 0 Å². The summed E-state index contributed by atoms with van der Waals surface area (Å²) in [5.74, 6) is 0.713. The van der Waals surface area contributed by atoms with Gasteiger partial charge in [0.15, 0.2) is 11.5 Å². The van der Waals surface area contributed by atoms with E-state index in [1.807, 2.05) is 0 Å². The average molecular weight is 364 g/mol. The Labute approximate surface area is 149 Å². The zero-order chi connectivity index (χ0) is 15.2. The molecular weight excluding hydrogens is 341 g/mol. The van der Waals surface area contributed by atoms with E-state index in [2.05, 4.69) is 16.3 Å². The number of nitrogens with one attached hydrogen (secondary N) is 1. The third kappa shape index (κ3) is 5.05. The minimum absolute atomic E-state index is 0. The van der Waals surface area contributed by atoms with Crippen molar-refractivity contribution in [1.29, 1.82) is 5.26 Å². The smallest absolute Gasteiger partial charge is 0.200 e. The van der Waals surface area contributed by atoms with Crippen molar-refractivity contribution in [3.05, 3.63) is 17.7 Å². The number of ether oxygens (including phenoxy) is 2. The normalized spacial score (nSPS) is 15.5. The Hall–Kier alpha value is -1.39. The van der Waals surface area contributed by atoms with Gasteiger partial charge in [-0.3, -0.25) is 4.90 Å². The van der Waals surface area contributed by atoms with Gasteiger partial charge in [-0.1, -0.05) is 0 Å². The first-order chi connectivity index (χ1) is 10.2. The molecule has 0 saturated carbocycles. The number of nitrogens with zero attached hydrogens (tertiary/aromatic N) is 2. The Morgan fingerprint density at radius 1 is 1.22 bits per heavy atom. The highest BCUT2D eigenvalue weighted by atomic mass is 35.5. The van der Waals surface area contributed by atoms with Gasteiger partial charge in [-0.25, -0.2) is 0 Å². The first kappa shape index (κ1) is 21.6. The third-order valence-corrected chi connectivity index (χ3v) is 3.76. The zero-order valence-corrected chi connectivity index (χ0v) is 14.9. The Balaban J connectivity index is 0.00000242. The fraction of sp³-hybridized carbons (Fsp3) is 0.533. The van der Waals surface area contributed by atoms with Crippen molar-refractivity contribution in [1.82, 2.24) is 10.2 Å². The van der Waals surface area contributed by atoms with Gasteiger partial charge in [0.05, 0.1) is 26.7 Å². The van der Waals surface area contributed by atoms with Crippen LogP contribution >= 0.6 is 24.8 Å². The van der Waals surface area contributed by atoms with Crippen molar-refractivity contribution in [3.63, 3.8) is 0 Å². The molecule has 0 aromatic heterocycles. The van der Waals surface area contributed by atoms with Gasteiger partial charge < -0.3 is 19.9 Å². The summed E-state index contributed by atoms with van der Waals surface area (Å²) in [6.07, 6.45) is 0.386. The number of nitriles is 1. The Bertz CT molecular complexity index is 506. The summed E-state index contributed by atoms with van der Waals surface area (Å²) in [5, 5.41) is 22.4. The second-order valence-electron chi connectivity index (χ2n) is 4.94. The minimum Gasteiger partial charge on any atom is -0.502 e. The van der Waals surface area contributed by atoms with E-state index in [0.29, 0.717) is 17.9 Å². The maximum atomic E-state index is 10.00. The van der Waals surface area contributed by atoms with Crippen LogP contribution in [0.2, 0.25) is 0 Å². The zero-order valence-electron chi connectivity index (χ0n) is 13.2. The van der Waals surface area contributed by atoms with Gasteiger partial charge in [-0.15, -0.1) is 24.8 Å². The molecule has 0 bridgehead atoms. The van der Waals surface area contributed by atoms with Crippen molar-refractivity contribution < 1.29 is 14.6 Å². The van der Waals surface area contributed by atoms with Crippen LogP contribution in [0.15, 0.2) is 12.1 Å². The quantitative estimate of drug-likeness (QED) is 0.833. The average Bonchev–Trinajstić information content (AvgIpc) is 2.54. The molecule has 2 rings (SSSR count). The van der Waals surface area contributed by atoms with Crippen LogP contribution in [-0.4, -0.2) is 50.4 Å². The monoisotopic (exact) mass is 363 g/mol. The molecule has 1 saturated heterocycles. The van der Waals surface area contributed by atoms with Crippen molar-refractivity contribution >= 4 is 24.8 Å². The van der Waals surface area contributed by atoms with Crippen molar-refractivity contribution in [3.8, 4) is 23.3 Å². The molecule has 0 amide bonds. The molecule has 0 spiro atoms. The lowest BCUT2D eigenvalue weighted by atomic mass is 10.0. The number of hydrogen-bond acceptors (Lipinski definition) is 6. The third-order valence-electron chi connectivity index (χ3n) is 3.76. The molecule has 1 aromatic carbocycles. The van der Waals surface area contributed by atoms with Crippen LogP contribution < -0.4 is 14.8 Å². The molecule has 2 N–H and O–H groups in total. The molecule has 1 fully saturated rings. The number of hydrogen-bond donors (Lipinski definition) is 2. The molecule has 1 atom stereocenters. The van der Waals surface area contributed by atoms with E-state index in [0.717, 1.165) is 31.7 Å². The number of phenols is 1. The first-order valence-corrected chi connectivity index (χ1v) is 6.97. The number of halogens is 2. The predicted molar refractivity (Wildman–Crippen MR) is 93.1 cm³/mol. The summed E-state index contributed by atoms with van der Waals surface area (Å²) >= 11 is 0. The van der Waals surface area contributed by atoms with Gasteiger partial charge in [0.1, 0.15) is 0 Å². The maximum absolute atomic E-state index is 10.00. The van der Waals surface area contributed by atoms with E-state index in [9.17, 15) is 5.11 Å². The molecule has 6 nitrogen and oxygen atoms in total. The van der Waals surface area contributed by atoms with E-state index < -0.39 is 0 Å². The molecule has 0 radical (unpaired) electrons. The van der Waals surface area contributed by atoms with Gasteiger partial charge >= 0.3 is 0 Å². The highest BCUT2D eigenvalue weighted by Gasteiger charge is 2.24. The molecule has 23 heavy (non-hydrogen) atoms. The molecule has 0 unspecified atom stereocenters. The number of piperazine rings is 1. The Morgan fingerprint density at radius 2 is 1.74 bits per heavy atom. The van der Waals surface area contributed by atoms with Crippen LogP contribution in [0, 0.1) is 11.3 Å². The fourth-order valence-electron chi connectivity index (χ4n) is 2.64. The second-order valence-corrected chi connectivity index (χ2v) is 4.94. The molecular formula is C15H23Cl2N3O3. The molecule has 130 valence electrons. The van der Waals surface area contributed by atoms with Gasteiger partial charge in [-0.2, -0.15) is 5.26 Å². The first-order valence-electron chi connectivity index (χ1n) is 6.97. The highest BCUT2D eigenvalue weighted by Crippen LogP contribution is 2.40. The largest absolute Gasteiger partial charge is 0.502 e. The van der Waals surface area contributed by atoms with E-state index in [-0.39, 0.29) is 36.6 Å². The van der Waals surface area contributed by atoms with Gasteiger partial charge in [0.2, 0.25) is 5.75 Å². The van der Waals surface area contributed by atoms with Crippen LogP contribution in [0.1, 0.15) is 18.0 Å². The lowest BCUT2D eigenvalue weighted by Gasteiger charge is -2.34. The summed E-state index contributed by atoms with van der Waals surface area (Å²) in [7, 11) is 3.00. The summed E-state index contributed by atoms with van der Waals surface area (Å²) in [4.78, 5) is 2.27. The molecule has 1 heterocycles. The van der Waals surface area contributed by atoms with E-state index in [1.54, 1.807) is 12.1 Å². The van der Waals surface area contributed by atoms with Crippen LogP contribution in [0.4, 0.5) is 0 Å². The SMILES string of the molecule is COc1cc([C@H](CC#N)N2CCNCC2)cc(OC)c1O.Cl.Cl. The van der Waals surface area contributed by atoms with Gasteiger partial charge in [0, 0.05) is 32.2 Å². The topological polar surface area (TPSA) is 77.8 Å². The molecule has 1 aromatic rings. The lowest BCUT2D eigenvalue weighted by molar-refractivity contribution is 0.175. The van der Waals surface area contributed by atoms with Crippen molar-refractivity contribution in [2.24, 2.45) is 0 Å². The van der Waals surface area contributed by atoms with E-state index in [1.165, 1.54) is 14.2 Å². The lowest BCUT2D eigenvalue weighted by Crippen LogP contribution is -2.45. The van der Waals surface area contributed by atoms with Crippen LogP contribution in [0.25, 0.3) is 0 Å². The Morgan fingerprint density at radius 3 is 2.17 bits per heavy atom. The van der Waals surface area contributed by atoms with Crippen molar-refractivity contribution in [2.45, 2.75) is 12.5 Å². The summed E-state index contributed by atoms with van der Waals surface area (Å²) in [6.45, 7) is 3.60. The standard InChI is InChI=1S/C15H21N3O3.2ClH/c1-20-13-9-11(10-14(21-2)15(13)19)12(3-4-16)18-7-5-17-6-8-18;;/h9-10,12,17,19H,3,5-8H2,1-2H3;2*1H/t12-;;/m0../s1. The summed E-state index contributed by atoms with van der Waals surface area (Å²) in [5.41, 5.74) is 0.921. The van der Waals surface area contributed by atoms with Crippen LogP contribution in [-0.2, 0) is 0 Å². The van der Waals surface area contributed by atoms with Crippen LogP contribution in [0.5, 0.6) is 17.2 Å². The molecule has 0 aliphatic carbocycles.